The van der Waals surface area contributed by atoms with Crippen LogP contribution in [0.25, 0.3) is 0 Å². The summed E-state index contributed by atoms with van der Waals surface area (Å²) in [4.78, 5) is 45.6. The molecule has 0 saturated carbocycles. The summed E-state index contributed by atoms with van der Waals surface area (Å²) in [5.74, 6) is -2.19. The zero-order valence-electron chi connectivity index (χ0n) is 20.9. The molecule has 0 atom stereocenters. The second kappa shape index (κ2) is 9.74. The van der Waals surface area contributed by atoms with E-state index in [0.717, 1.165) is 5.13 Å². The number of hydrogen-bond donors (Lipinski definition) is 2. The highest BCUT2D eigenvalue weighted by atomic mass is 32.1. The third-order valence-corrected chi connectivity index (χ3v) is 7.61. The van der Waals surface area contributed by atoms with Crippen molar-refractivity contribution in [1.82, 2.24) is 14.9 Å². The van der Waals surface area contributed by atoms with Crippen molar-refractivity contribution < 1.29 is 18.8 Å². The van der Waals surface area contributed by atoms with Crippen molar-refractivity contribution in [2.75, 3.05) is 23.3 Å². The zero-order chi connectivity index (χ0) is 26.2. The van der Waals surface area contributed by atoms with Crippen molar-refractivity contribution in [3.63, 3.8) is 0 Å². The molecule has 1 saturated heterocycles. The molecule has 36 heavy (non-hydrogen) atoms. The predicted molar refractivity (Wildman–Crippen MR) is 136 cm³/mol. The number of halogens is 1. The lowest BCUT2D eigenvalue weighted by Crippen LogP contribution is -2.55. The number of rotatable bonds is 6. The number of aromatic nitrogens is 2. The van der Waals surface area contributed by atoms with Crippen LogP contribution in [-0.2, 0) is 11.8 Å². The summed E-state index contributed by atoms with van der Waals surface area (Å²) < 4.78 is 15.2. The minimum absolute atomic E-state index is 0.167. The summed E-state index contributed by atoms with van der Waals surface area (Å²) in [7, 11) is 1.66. The van der Waals surface area contributed by atoms with Crippen LogP contribution >= 0.6 is 11.3 Å². The molecule has 4 rings (SSSR count). The molecule has 0 unspecified atom stereocenters. The van der Waals surface area contributed by atoms with E-state index in [1.807, 2.05) is 6.92 Å². The van der Waals surface area contributed by atoms with E-state index in [0.29, 0.717) is 54.0 Å². The Balaban J connectivity index is 1.48. The average Bonchev–Trinajstić information content (AvgIpc) is 3.43. The van der Waals surface area contributed by atoms with Crippen molar-refractivity contribution in [1.29, 1.82) is 0 Å². The van der Waals surface area contributed by atoms with E-state index >= 15 is 0 Å². The van der Waals surface area contributed by atoms with Gasteiger partial charge in [0.15, 0.2) is 0 Å². The highest BCUT2D eigenvalue weighted by Gasteiger charge is 2.36. The van der Waals surface area contributed by atoms with Crippen LogP contribution in [0.5, 0.6) is 0 Å². The van der Waals surface area contributed by atoms with Crippen LogP contribution in [0.15, 0.2) is 18.2 Å². The van der Waals surface area contributed by atoms with Gasteiger partial charge in [-0.15, -0.1) is 0 Å². The first-order valence-electron chi connectivity index (χ1n) is 11.6. The van der Waals surface area contributed by atoms with Crippen molar-refractivity contribution in [3.8, 4) is 0 Å². The van der Waals surface area contributed by atoms with E-state index < -0.39 is 23.1 Å². The summed E-state index contributed by atoms with van der Waals surface area (Å²) >= 11 is 1.40. The fraction of sp³-hybridized carbons (Fsp3) is 0.385. The Hall–Kier alpha value is -3.71. The number of hydrogen-bond acceptors (Lipinski definition) is 6. The number of piperidine rings is 1. The van der Waals surface area contributed by atoms with E-state index in [-0.39, 0.29) is 11.5 Å². The molecule has 2 aromatic heterocycles. The molecule has 3 aromatic rings. The topological polar surface area (TPSA) is 96.3 Å². The maximum atomic E-state index is 13.6. The Labute approximate surface area is 213 Å². The van der Waals surface area contributed by atoms with Crippen LogP contribution in [0.1, 0.15) is 57.4 Å². The van der Waals surface area contributed by atoms with Gasteiger partial charge in [-0.25, -0.2) is 4.39 Å². The Morgan fingerprint density at radius 2 is 1.86 bits per heavy atom. The molecule has 8 nitrogen and oxygen atoms in total. The molecule has 2 N–H and O–H groups in total. The molecule has 1 aliphatic rings. The van der Waals surface area contributed by atoms with E-state index in [1.54, 1.807) is 32.4 Å². The number of Topliss-reactive ketones (excluding diaryl/α,β-unsaturated/α-hetero) is 1. The van der Waals surface area contributed by atoms with Crippen molar-refractivity contribution in [2.45, 2.75) is 46.1 Å². The normalized spacial score (nSPS) is 14.8. The second-order valence-corrected chi connectivity index (χ2v) is 10.2. The van der Waals surface area contributed by atoms with E-state index in [2.05, 4.69) is 32.1 Å². The fourth-order valence-corrected chi connectivity index (χ4v) is 5.19. The highest BCUT2D eigenvalue weighted by molar-refractivity contribution is 7.12. The Morgan fingerprint density at radius 1 is 1.17 bits per heavy atom. The number of anilines is 2. The van der Waals surface area contributed by atoms with E-state index in [1.165, 1.54) is 29.5 Å². The SMILES string of the molecule is Cc1cc(NC(=O)c2c(C)c(C(=O)C(=O)NC3(C)CCN(c4nc#cs4)CC3)n(C)c2C)ccc1F. The fourth-order valence-electron chi connectivity index (χ4n) is 4.60. The number of nitrogens with one attached hydrogen (secondary N) is 2. The van der Waals surface area contributed by atoms with Gasteiger partial charge in [-0.1, -0.05) is 0 Å². The largest absolute Gasteiger partial charge is 0.347 e. The predicted octanol–water partition coefficient (Wildman–Crippen LogP) is 3.76. The first kappa shape index (κ1) is 25.4. The number of aryl methyl sites for hydroxylation is 1. The van der Waals surface area contributed by atoms with Gasteiger partial charge in [-0.05, 0) is 81.2 Å². The second-order valence-electron chi connectivity index (χ2n) is 9.45. The molecule has 0 aliphatic carbocycles. The number of nitrogens with zero attached hydrogens (tertiary/aromatic N) is 3. The highest BCUT2D eigenvalue weighted by Crippen LogP contribution is 2.28. The summed E-state index contributed by atoms with van der Waals surface area (Å²) in [6, 6.07) is 4.30. The third-order valence-electron chi connectivity index (χ3n) is 6.89. The molecule has 1 fully saturated rings. The number of ketones is 1. The van der Waals surface area contributed by atoms with Crippen LogP contribution in [0.3, 0.4) is 0 Å². The maximum absolute atomic E-state index is 13.6. The standard InChI is InChI=1S/C26H28FN5O3S/c1-15-14-18(6-7-19(15)27)29-23(34)20-16(2)21(31(5)17(20)3)22(33)24(35)30-26(4)8-11-32(12-9-26)25-28-10-13-36-25/h6-7,14H,8-9,11-12H2,1-5H3,(H,29,34)(H,30,35). The van der Waals surface area contributed by atoms with Crippen LogP contribution in [0.2, 0.25) is 0 Å². The van der Waals surface area contributed by atoms with Crippen LogP contribution < -0.4 is 15.5 Å². The van der Waals surface area contributed by atoms with Crippen molar-refractivity contribution >= 4 is 39.8 Å². The molecular formula is C26H28FN5O3S. The number of carbonyl (C=O) groups excluding carboxylic acids is 3. The lowest BCUT2D eigenvalue weighted by molar-refractivity contribution is -0.118. The number of carbonyl (C=O) groups is 3. The van der Waals surface area contributed by atoms with E-state index in [4.69, 9.17) is 0 Å². The summed E-state index contributed by atoms with van der Waals surface area (Å²) in [5, 5.41) is 9.39. The van der Waals surface area contributed by atoms with Crippen molar-refractivity contribution in [2.24, 2.45) is 7.05 Å². The smallest absolute Gasteiger partial charge is 0.294 e. The molecule has 3 heterocycles. The summed E-state index contributed by atoms with van der Waals surface area (Å²) in [6.45, 7) is 8.30. The molecule has 10 heteroatoms. The number of benzene rings is 1. The average molecular weight is 510 g/mol. The first-order valence-corrected chi connectivity index (χ1v) is 12.4. The maximum Gasteiger partial charge on any atom is 0.294 e. The van der Waals surface area contributed by atoms with Gasteiger partial charge in [0.1, 0.15) is 5.82 Å². The quantitative estimate of drug-likeness (QED) is 0.390. The van der Waals surface area contributed by atoms with Gasteiger partial charge >= 0.3 is 0 Å². The zero-order valence-corrected chi connectivity index (χ0v) is 21.7. The van der Waals surface area contributed by atoms with Gasteiger partial charge in [0.05, 0.1) is 17.5 Å². The van der Waals surface area contributed by atoms with Gasteiger partial charge < -0.3 is 20.1 Å². The van der Waals surface area contributed by atoms with E-state index in [9.17, 15) is 18.8 Å². The summed E-state index contributed by atoms with van der Waals surface area (Å²) in [5.41, 5.74) is 1.76. The van der Waals surface area contributed by atoms with Gasteiger partial charge in [0.25, 0.3) is 17.6 Å². The lowest BCUT2D eigenvalue weighted by Gasteiger charge is -2.39. The minimum atomic E-state index is -0.702. The molecule has 1 aliphatic heterocycles. The van der Waals surface area contributed by atoms with Crippen molar-refractivity contribution in [3.05, 3.63) is 63.7 Å². The molecule has 2 amide bonds. The minimum Gasteiger partial charge on any atom is -0.347 e. The molecule has 0 bridgehead atoms. The van der Waals surface area contributed by atoms with Gasteiger partial charge in [0.2, 0.25) is 5.13 Å². The monoisotopic (exact) mass is 509 g/mol. The molecule has 188 valence electrons. The van der Waals surface area contributed by atoms with Crippen LogP contribution in [0, 0.1) is 38.2 Å². The summed E-state index contributed by atoms with van der Waals surface area (Å²) in [6.07, 6.45) is 4.01. The molecule has 0 spiro atoms. The Morgan fingerprint density at radius 3 is 2.47 bits per heavy atom. The van der Waals surface area contributed by atoms with Gasteiger partial charge in [-0.2, -0.15) is 4.98 Å². The molecule has 0 radical (unpaired) electrons. The van der Waals surface area contributed by atoms with Crippen LogP contribution in [-0.4, -0.2) is 45.8 Å². The van der Waals surface area contributed by atoms with Crippen LogP contribution in [0.4, 0.5) is 15.2 Å². The first-order chi connectivity index (χ1) is 17.0. The molecule has 1 aromatic carbocycles. The Bertz CT molecular complexity index is 1320. The third kappa shape index (κ3) is 4.84. The molecular weight excluding hydrogens is 481 g/mol. The lowest BCUT2D eigenvalue weighted by atomic mass is 9.89. The Kier molecular flexibility index (Phi) is 6.87. The van der Waals surface area contributed by atoms with Gasteiger partial charge in [0, 0.05) is 42.4 Å². The van der Waals surface area contributed by atoms with Gasteiger partial charge in [-0.3, -0.25) is 14.4 Å². The number of amides is 2.